The lowest BCUT2D eigenvalue weighted by atomic mass is 10.1. The molecule has 0 radical (unpaired) electrons. The van der Waals surface area contributed by atoms with Gasteiger partial charge in [0.05, 0.1) is 11.9 Å². The second-order valence-corrected chi connectivity index (χ2v) is 4.37. The van der Waals surface area contributed by atoms with Crippen LogP contribution in [-0.4, -0.2) is 19.3 Å². The molecule has 0 atom stereocenters. The van der Waals surface area contributed by atoms with E-state index < -0.39 is 0 Å². The lowest BCUT2D eigenvalue weighted by molar-refractivity contribution is 0.768. The van der Waals surface area contributed by atoms with Gasteiger partial charge >= 0.3 is 0 Å². The molecule has 3 heterocycles. The van der Waals surface area contributed by atoms with Gasteiger partial charge in [-0.2, -0.15) is 5.10 Å². The van der Waals surface area contributed by atoms with Crippen molar-refractivity contribution >= 4 is 17.1 Å². The Kier molecular flexibility index (Phi) is 2.30. The lowest BCUT2D eigenvalue weighted by Gasteiger charge is -1.97. The maximum absolute atomic E-state index is 4.56. The molecule has 3 aromatic rings. The standard InChI is InChI=1S/C14H14N4/c1-4-11-5-6-12-13(9-17(2)14(12)16-11)10-7-15-18(3)8-10/h4-9H,1H2,2-3H3. The molecular weight excluding hydrogens is 224 g/mol. The summed E-state index contributed by atoms with van der Waals surface area (Å²) in [4.78, 5) is 4.56. The summed E-state index contributed by atoms with van der Waals surface area (Å²) in [6, 6.07) is 4.07. The maximum Gasteiger partial charge on any atom is 0.140 e. The van der Waals surface area contributed by atoms with E-state index in [1.54, 1.807) is 10.8 Å². The third kappa shape index (κ3) is 1.54. The van der Waals surface area contributed by atoms with Gasteiger partial charge in [-0.1, -0.05) is 6.58 Å². The van der Waals surface area contributed by atoms with Crippen LogP contribution in [-0.2, 0) is 14.1 Å². The Balaban J connectivity index is 2.28. The quantitative estimate of drug-likeness (QED) is 0.688. The number of rotatable bonds is 2. The van der Waals surface area contributed by atoms with Crippen molar-refractivity contribution in [1.29, 1.82) is 0 Å². The number of nitrogens with zero attached hydrogens (tertiary/aromatic N) is 4. The Morgan fingerprint density at radius 2 is 2.06 bits per heavy atom. The minimum atomic E-state index is 0.890. The fourth-order valence-electron chi connectivity index (χ4n) is 2.17. The van der Waals surface area contributed by atoms with E-state index in [9.17, 15) is 0 Å². The van der Waals surface area contributed by atoms with Crippen molar-refractivity contribution in [2.24, 2.45) is 14.1 Å². The topological polar surface area (TPSA) is 35.6 Å². The number of hydrogen-bond donors (Lipinski definition) is 0. The van der Waals surface area contributed by atoms with E-state index in [0.717, 1.165) is 27.9 Å². The Labute approximate surface area is 105 Å². The third-order valence-corrected chi connectivity index (χ3v) is 3.07. The summed E-state index contributed by atoms with van der Waals surface area (Å²) in [6.45, 7) is 3.75. The van der Waals surface area contributed by atoms with Crippen molar-refractivity contribution in [1.82, 2.24) is 19.3 Å². The molecule has 0 spiro atoms. The van der Waals surface area contributed by atoms with Gasteiger partial charge in [0.2, 0.25) is 0 Å². The highest BCUT2D eigenvalue weighted by Gasteiger charge is 2.11. The Morgan fingerprint density at radius 1 is 1.22 bits per heavy atom. The molecule has 4 nitrogen and oxygen atoms in total. The molecule has 3 rings (SSSR count). The number of fused-ring (bicyclic) bond motifs is 1. The van der Waals surface area contributed by atoms with Crippen LogP contribution in [0.3, 0.4) is 0 Å². The van der Waals surface area contributed by atoms with Crippen LogP contribution in [0.2, 0.25) is 0 Å². The third-order valence-electron chi connectivity index (χ3n) is 3.07. The monoisotopic (exact) mass is 238 g/mol. The number of aromatic nitrogens is 4. The molecule has 0 fully saturated rings. The molecule has 0 saturated heterocycles. The van der Waals surface area contributed by atoms with Crippen molar-refractivity contribution in [3.05, 3.63) is 43.0 Å². The first kappa shape index (κ1) is 10.8. The first-order valence-corrected chi connectivity index (χ1v) is 5.76. The van der Waals surface area contributed by atoms with Crippen LogP contribution >= 0.6 is 0 Å². The molecule has 4 heteroatoms. The van der Waals surface area contributed by atoms with Gasteiger partial charge in [0.25, 0.3) is 0 Å². The van der Waals surface area contributed by atoms with Crippen LogP contribution in [0.4, 0.5) is 0 Å². The van der Waals surface area contributed by atoms with Gasteiger partial charge in [0.15, 0.2) is 0 Å². The van der Waals surface area contributed by atoms with Gasteiger partial charge in [0.1, 0.15) is 5.65 Å². The van der Waals surface area contributed by atoms with Crippen LogP contribution < -0.4 is 0 Å². The summed E-state index contributed by atoms with van der Waals surface area (Å²) in [6.07, 6.45) is 7.73. The first-order chi connectivity index (χ1) is 8.69. The molecular formula is C14H14N4. The zero-order chi connectivity index (χ0) is 12.7. The largest absolute Gasteiger partial charge is 0.335 e. The molecule has 0 unspecified atom stereocenters. The van der Waals surface area contributed by atoms with E-state index >= 15 is 0 Å². The predicted octanol–water partition coefficient (Wildman–Crippen LogP) is 2.62. The Bertz CT molecular complexity index is 733. The van der Waals surface area contributed by atoms with E-state index in [1.165, 1.54) is 0 Å². The average Bonchev–Trinajstić information content (AvgIpc) is 2.94. The summed E-state index contributed by atoms with van der Waals surface area (Å²) >= 11 is 0. The van der Waals surface area contributed by atoms with Crippen LogP contribution in [0, 0.1) is 0 Å². The molecule has 0 saturated carbocycles. The zero-order valence-electron chi connectivity index (χ0n) is 10.5. The molecule has 0 N–H and O–H groups in total. The Morgan fingerprint density at radius 3 is 2.72 bits per heavy atom. The summed E-state index contributed by atoms with van der Waals surface area (Å²) in [5, 5.41) is 5.35. The predicted molar refractivity (Wildman–Crippen MR) is 73.0 cm³/mol. The molecule has 0 aromatic carbocycles. The van der Waals surface area contributed by atoms with Gasteiger partial charge in [-0.25, -0.2) is 4.98 Å². The van der Waals surface area contributed by atoms with Crippen LogP contribution in [0.5, 0.6) is 0 Å². The van der Waals surface area contributed by atoms with Gasteiger partial charge in [-0.15, -0.1) is 0 Å². The van der Waals surface area contributed by atoms with E-state index in [-0.39, 0.29) is 0 Å². The van der Waals surface area contributed by atoms with Gasteiger partial charge in [0, 0.05) is 43.0 Å². The van der Waals surface area contributed by atoms with Gasteiger partial charge in [-0.3, -0.25) is 4.68 Å². The number of hydrogen-bond acceptors (Lipinski definition) is 2. The molecule has 0 bridgehead atoms. The highest BCUT2D eigenvalue weighted by atomic mass is 15.2. The van der Waals surface area contributed by atoms with Crippen LogP contribution in [0.1, 0.15) is 5.69 Å². The average molecular weight is 238 g/mol. The molecule has 3 aromatic heterocycles. The minimum Gasteiger partial charge on any atom is -0.335 e. The fourth-order valence-corrected chi connectivity index (χ4v) is 2.17. The second-order valence-electron chi connectivity index (χ2n) is 4.37. The molecule has 0 amide bonds. The van der Waals surface area contributed by atoms with Crippen molar-refractivity contribution in [3.8, 4) is 11.1 Å². The lowest BCUT2D eigenvalue weighted by Crippen LogP contribution is -1.88. The molecule has 18 heavy (non-hydrogen) atoms. The van der Waals surface area contributed by atoms with Crippen LogP contribution in [0.25, 0.3) is 28.2 Å². The summed E-state index contributed by atoms with van der Waals surface area (Å²) in [5.74, 6) is 0. The highest BCUT2D eigenvalue weighted by molar-refractivity contribution is 5.94. The smallest absolute Gasteiger partial charge is 0.140 e. The van der Waals surface area contributed by atoms with Crippen molar-refractivity contribution in [3.63, 3.8) is 0 Å². The van der Waals surface area contributed by atoms with E-state index in [2.05, 4.69) is 28.9 Å². The van der Waals surface area contributed by atoms with Gasteiger partial charge in [-0.05, 0) is 18.2 Å². The van der Waals surface area contributed by atoms with Crippen molar-refractivity contribution in [2.45, 2.75) is 0 Å². The van der Waals surface area contributed by atoms with Gasteiger partial charge < -0.3 is 4.57 Å². The molecule has 0 aliphatic rings. The Hall–Kier alpha value is -2.36. The minimum absolute atomic E-state index is 0.890. The maximum atomic E-state index is 4.56. The highest BCUT2D eigenvalue weighted by Crippen LogP contribution is 2.29. The van der Waals surface area contributed by atoms with Crippen molar-refractivity contribution in [2.75, 3.05) is 0 Å². The van der Waals surface area contributed by atoms with E-state index in [4.69, 9.17) is 0 Å². The molecule has 0 aliphatic carbocycles. The molecule has 90 valence electrons. The summed E-state index contributed by atoms with van der Waals surface area (Å²) in [7, 11) is 3.92. The molecule has 0 aliphatic heterocycles. The summed E-state index contributed by atoms with van der Waals surface area (Å²) in [5.41, 5.74) is 4.12. The van der Waals surface area contributed by atoms with E-state index in [1.807, 2.05) is 37.1 Å². The SMILES string of the molecule is C=Cc1ccc2c(-c3cnn(C)c3)cn(C)c2n1. The van der Waals surface area contributed by atoms with E-state index in [0.29, 0.717) is 0 Å². The fraction of sp³-hybridized carbons (Fsp3) is 0.143. The normalized spacial score (nSPS) is 11.0. The van der Waals surface area contributed by atoms with Crippen LogP contribution in [0.15, 0.2) is 37.3 Å². The number of pyridine rings is 1. The number of aryl methyl sites for hydroxylation is 2. The first-order valence-electron chi connectivity index (χ1n) is 5.76. The second kappa shape index (κ2) is 3.84. The van der Waals surface area contributed by atoms with Crippen molar-refractivity contribution < 1.29 is 0 Å². The summed E-state index contributed by atoms with van der Waals surface area (Å²) < 4.78 is 3.84. The zero-order valence-corrected chi connectivity index (χ0v) is 10.5.